The van der Waals surface area contributed by atoms with E-state index in [9.17, 15) is 13.2 Å². The van der Waals surface area contributed by atoms with Crippen LogP contribution in [0.3, 0.4) is 0 Å². The Kier molecular flexibility index (Phi) is 3.15. The molecule has 3 rings (SSSR count). The number of benzene rings is 1. The second-order valence-electron chi connectivity index (χ2n) is 5.59. The minimum atomic E-state index is -4.67. The van der Waals surface area contributed by atoms with E-state index in [0.29, 0.717) is 17.4 Å². The number of hydrogen-bond acceptors (Lipinski definition) is 1. The molecule has 0 aliphatic heterocycles. The number of fused-ring (bicyclic) bond motifs is 1. The Balaban J connectivity index is 1.99. The third-order valence-corrected chi connectivity index (χ3v) is 4.07. The molecule has 0 amide bonds. The normalized spacial score (nSPS) is 23.4. The molecule has 1 aliphatic carbocycles. The smallest absolute Gasteiger partial charge is 0.404 e. The monoisotopic (exact) mass is 283 g/mol. The van der Waals surface area contributed by atoms with E-state index in [1.54, 1.807) is 6.07 Å². The van der Waals surface area contributed by atoms with Crippen LogP contribution in [0.25, 0.3) is 10.9 Å². The van der Waals surface area contributed by atoms with Gasteiger partial charge in [0, 0.05) is 11.6 Å². The fraction of sp³-hybridized carbons (Fsp3) is 0.467. The Labute approximate surface area is 114 Å². The van der Waals surface area contributed by atoms with Gasteiger partial charge in [-0.3, -0.25) is 0 Å². The number of H-pyrrole nitrogens is 1. The lowest BCUT2D eigenvalue weighted by atomic mass is 9.96. The molecule has 1 heterocycles. The summed E-state index contributed by atoms with van der Waals surface area (Å²) in [4.78, 5) is 2.95. The van der Waals surface area contributed by atoms with Crippen LogP contribution in [-0.2, 0) is 0 Å². The quantitative estimate of drug-likeness (QED) is 0.827. The maximum absolute atomic E-state index is 12.4. The van der Waals surface area contributed by atoms with Crippen LogP contribution in [0, 0.1) is 5.92 Å². The lowest BCUT2D eigenvalue weighted by Gasteiger charge is -2.11. The van der Waals surface area contributed by atoms with E-state index in [-0.39, 0.29) is 5.75 Å². The van der Waals surface area contributed by atoms with Crippen molar-refractivity contribution in [1.82, 2.24) is 4.98 Å². The molecular formula is C15H16F3NO. The van der Waals surface area contributed by atoms with E-state index < -0.39 is 6.36 Å². The van der Waals surface area contributed by atoms with Gasteiger partial charge in [-0.05, 0) is 36.3 Å². The van der Waals surface area contributed by atoms with Crippen molar-refractivity contribution in [3.8, 4) is 5.75 Å². The Morgan fingerprint density at radius 3 is 2.70 bits per heavy atom. The molecule has 0 bridgehead atoms. The van der Waals surface area contributed by atoms with Crippen molar-refractivity contribution in [2.75, 3.05) is 0 Å². The number of rotatable bonds is 2. The largest absolute Gasteiger partial charge is 0.573 e. The van der Waals surface area contributed by atoms with Crippen LogP contribution in [0.15, 0.2) is 24.4 Å². The molecule has 108 valence electrons. The lowest BCUT2D eigenvalue weighted by molar-refractivity contribution is -0.274. The third kappa shape index (κ3) is 2.49. The molecule has 1 aromatic heterocycles. The summed E-state index contributed by atoms with van der Waals surface area (Å²) < 4.78 is 41.3. The average Bonchev–Trinajstić information content (AvgIpc) is 2.93. The van der Waals surface area contributed by atoms with Gasteiger partial charge in [0.1, 0.15) is 0 Å². The highest BCUT2D eigenvalue weighted by Gasteiger charge is 2.32. The summed E-state index contributed by atoms with van der Waals surface area (Å²) in [5.41, 5.74) is 1.54. The maximum atomic E-state index is 12.4. The van der Waals surface area contributed by atoms with Gasteiger partial charge in [-0.15, -0.1) is 13.2 Å². The minimum absolute atomic E-state index is 0.160. The second kappa shape index (κ2) is 4.72. The molecule has 0 spiro atoms. The summed E-state index contributed by atoms with van der Waals surface area (Å²) in [5, 5.41) is 0.839. The highest BCUT2D eigenvalue weighted by atomic mass is 19.4. The molecule has 0 saturated heterocycles. The Morgan fingerprint density at radius 2 is 2.05 bits per heavy atom. The van der Waals surface area contributed by atoms with Crippen LogP contribution in [0.4, 0.5) is 13.2 Å². The van der Waals surface area contributed by atoms with E-state index in [1.165, 1.54) is 12.5 Å². The van der Waals surface area contributed by atoms with E-state index in [1.807, 2.05) is 12.3 Å². The maximum Gasteiger partial charge on any atom is 0.573 e. The summed E-state index contributed by atoms with van der Waals surface area (Å²) in [5.74, 6) is 0.951. The predicted molar refractivity (Wildman–Crippen MR) is 70.7 cm³/mol. The first-order valence-electron chi connectivity index (χ1n) is 6.80. The zero-order chi connectivity index (χ0) is 14.3. The first-order chi connectivity index (χ1) is 9.44. The van der Waals surface area contributed by atoms with Crippen molar-refractivity contribution >= 4 is 10.9 Å². The van der Waals surface area contributed by atoms with Crippen LogP contribution in [0.1, 0.15) is 37.7 Å². The number of halogens is 3. The number of alkyl halides is 3. The molecule has 5 heteroatoms. The number of ether oxygens (including phenoxy) is 1. The first kappa shape index (κ1) is 13.3. The fourth-order valence-corrected chi connectivity index (χ4v) is 3.19. The van der Waals surface area contributed by atoms with E-state index in [4.69, 9.17) is 0 Å². The van der Waals surface area contributed by atoms with E-state index in [2.05, 4.69) is 16.6 Å². The zero-order valence-corrected chi connectivity index (χ0v) is 11.1. The minimum Gasteiger partial charge on any atom is -0.404 e. The molecule has 0 radical (unpaired) electrons. The topological polar surface area (TPSA) is 25.0 Å². The molecule has 1 fully saturated rings. The van der Waals surface area contributed by atoms with Gasteiger partial charge >= 0.3 is 6.36 Å². The molecule has 20 heavy (non-hydrogen) atoms. The average molecular weight is 283 g/mol. The molecule has 1 N–H and O–H groups in total. The number of nitrogens with one attached hydrogen (secondary N) is 1. The SMILES string of the molecule is CC1CCC(c2c[nH]c3c(OC(F)(F)F)cccc23)C1. The van der Waals surface area contributed by atoms with Crippen LogP contribution in [-0.4, -0.2) is 11.3 Å². The highest BCUT2D eigenvalue weighted by molar-refractivity contribution is 5.88. The molecule has 2 unspecified atom stereocenters. The van der Waals surface area contributed by atoms with E-state index >= 15 is 0 Å². The molecular weight excluding hydrogens is 267 g/mol. The van der Waals surface area contributed by atoms with Gasteiger partial charge in [-0.25, -0.2) is 0 Å². The number of aromatic amines is 1. The second-order valence-corrected chi connectivity index (χ2v) is 5.59. The van der Waals surface area contributed by atoms with Crippen molar-refractivity contribution in [2.24, 2.45) is 5.92 Å². The van der Waals surface area contributed by atoms with Crippen LogP contribution < -0.4 is 4.74 Å². The van der Waals surface area contributed by atoms with Gasteiger partial charge in [0.05, 0.1) is 5.52 Å². The van der Waals surface area contributed by atoms with Gasteiger partial charge in [-0.2, -0.15) is 0 Å². The van der Waals surface area contributed by atoms with Crippen LogP contribution in [0.5, 0.6) is 5.75 Å². The third-order valence-electron chi connectivity index (χ3n) is 4.07. The summed E-state index contributed by atoms with van der Waals surface area (Å²) in [6.45, 7) is 2.22. The standard InChI is InChI=1S/C15H16F3NO/c1-9-5-6-10(7-9)12-8-19-14-11(12)3-2-4-13(14)20-15(16,17)18/h2-4,8-10,19H,5-7H2,1H3. The lowest BCUT2D eigenvalue weighted by Crippen LogP contribution is -2.17. The summed E-state index contributed by atoms with van der Waals surface area (Å²) >= 11 is 0. The Morgan fingerprint density at radius 1 is 1.25 bits per heavy atom. The zero-order valence-electron chi connectivity index (χ0n) is 11.1. The highest BCUT2D eigenvalue weighted by Crippen LogP contribution is 2.42. The number of para-hydroxylation sites is 1. The van der Waals surface area contributed by atoms with E-state index in [0.717, 1.165) is 23.8 Å². The van der Waals surface area contributed by atoms with Gasteiger partial charge < -0.3 is 9.72 Å². The van der Waals surface area contributed by atoms with Crippen LogP contribution in [0.2, 0.25) is 0 Å². The first-order valence-corrected chi connectivity index (χ1v) is 6.80. The van der Waals surface area contributed by atoms with Gasteiger partial charge in [0.2, 0.25) is 0 Å². The molecule has 2 atom stereocenters. The Hall–Kier alpha value is -1.65. The molecule has 1 aliphatic rings. The predicted octanol–water partition coefficient (Wildman–Crippen LogP) is 4.97. The van der Waals surface area contributed by atoms with Crippen LogP contribution >= 0.6 is 0 Å². The van der Waals surface area contributed by atoms with Crippen molar-refractivity contribution in [1.29, 1.82) is 0 Å². The van der Waals surface area contributed by atoms with Gasteiger partial charge in [-0.1, -0.05) is 25.5 Å². The van der Waals surface area contributed by atoms with Gasteiger partial charge in [0.25, 0.3) is 0 Å². The van der Waals surface area contributed by atoms with Gasteiger partial charge in [0.15, 0.2) is 5.75 Å². The molecule has 1 saturated carbocycles. The summed E-state index contributed by atoms with van der Waals surface area (Å²) in [7, 11) is 0. The number of hydrogen-bond donors (Lipinski definition) is 1. The van der Waals surface area contributed by atoms with Crippen molar-refractivity contribution in [3.05, 3.63) is 30.0 Å². The van der Waals surface area contributed by atoms with Crippen molar-refractivity contribution in [3.63, 3.8) is 0 Å². The van der Waals surface area contributed by atoms with Crippen molar-refractivity contribution in [2.45, 2.75) is 38.5 Å². The fourth-order valence-electron chi connectivity index (χ4n) is 3.19. The number of aromatic nitrogens is 1. The summed E-state index contributed by atoms with van der Waals surface area (Å²) in [6.07, 6.45) is 0.532. The van der Waals surface area contributed by atoms with Crippen molar-refractivity contribution < 1.29 is 17.9 Å². The molecule has 2 aromatic rings. The summed E-state index contributed by atoms with van der Waals surface area (Å²) in [6, 6.07) is 4.81. The Bertz CT molecular complexity index is 617. The molecule has 1 aromatic carbocycles. The molecule has 2 nitrogen and oxygen atoms in total.